The van der Waals surface area contributed by atoms with E-state index in [4.69, 9.17) is 0 Å². The number of esters is 1. The van der Waals surface area contributed by atoms with Crippen molar-refractivity contribution in [2.24, 2.45) is 5.92 Å². The second-order valence-electron chi connectivity index (χ2n) is 4.07. The molecule has 1 N–H and O–H groups in total. The fourth-order valence-electron chi connectivity index (χ4n) is 1.87. The summed E-state index contributed by atoms with van der Waals surface area (Å²) in [5.41, 5.74) is 0. The van der Waals surface area contributed by atoms with Crippen LogP contribution in [-0.2, 0) is 19.4 Å². The minimum Gasteiger partial charge on any atom is -0.465 e. The largest absolute Gasteiger partial charge is 0.465 e. The van der Waals surface area contributed by atoms with Crippen molar-refractivity contribution in [1.29, 1.82) is 0 Å². The van der Waals surface area contributed by atoms with Crippen LogP contribution in [0.25, 0.3) is 0 Å². The number of sulfone groups is 1. The SMILES string of the molecule is CCOC(=O)CS(=O)(=O)CC1CCCNC1. The first-order valence-electron chi connectivity index (χ1n) is 5.60. The molecule has 1 unspecified atom stereocenters. The number of carbonyl (C=O) groups is 1. The summed E-state index contributed by atoms with van der Waals surface area (Å²) < 4.78 is 27.9. The Kier molecular flexibility index (Phi) is 5.21. The van der Waals surface area contributed by atoms with Gasteiger partial charge in [0, 0.05) is 0 Å². The van der Waals surface area contributed by atoms with E-state index < -0.39 is 21.6 Å². The highest BCUT2D eigenvalue weighted by atomic mass is 32.2. The Morgan fingerprint density at radius 1 is 1.50 bits per heavy atom. The van der Waals surface area contributed by atoms with E-state index >= 15 is 0 Å². The molecule has 1 aliphatic heterocycles. The molecule has 1 saturated heterocycles. The predicted octanol–water partition coefficient (Wildman–Crippen LogP) is -0.0361. The molecule has 94 valence electrons. The average molecular weight is 249 g/mol. The highest BCUT2D eigenvalue weighted by molar-refractivity contribution is 7.92. The predicted molar refractivity (Wildman–Crippen MR) is 60.9 cm³/mol. The van der Waals surface area contributed by atoms with Gasteiger partial charge in [0.15, 0.2) is 9.84 Å². The molecule has 5 nitrogen and oxygen atoms in total. The van der Waals surface area contributed by atoms with Crippen LogP contribution in [0.1, 0.15) is 19.8 Å². The van der Waals surface area contributed by atoms with Crippen LogP contribution >= 0.6 is 0 Å². The number of rotatable bonds is 5. The van der Waals surface area contributed by atoms with E-state index in [9.17, 15) is 13.2 Å². The number of hydrogen-bond acceptors (Lipinski definition) is 5. The minimum atomic E-state index is -3.32. The van der Waals surface area contributed by atoms with Gasteiger partial charge in [0.1, 0.15) is 5.75 Å². The van der Waals surface area contributed by atoms with Gasteiger partial charge in [-0.2, -0.15) is 0 Å². The Bertz CT molecular complexity index is 320. The molecule has 0 aliphatic carbocycles. The molecular formula is C10H19NO4S. The molecule has 0 amide bonds. The van der Waals surface area contributed by atoms with Crippen LogP contribution < -0.4 is 5.32 Å². The lowest BCUT2D eigenvalue weighted by Gasteiger charge is -2.22. The van der Waals surface area contributed by atoms with Gasteiger partial charge in [-0.1, -0.05) is 0 Å². The van der Waals surface area contributed by atoms with Crippen LogP contribution in [0.2, 0.25) is 0 Å². The quantitative estimate of drug-likeness (QED) is 0.692. The van der Waals surface area contributed by atoms with Crippen molar-refractivity contribution < 1.29 is 17.9 Å². The lowest BCUT2D eigenvalue weighted by Crippen LogP contribution is -2.35. The number of nitrogens with one attached hydrogen (secondary N) is 1. The number of hydrogen-bond donors (Lipinski definition) is 1. The zero-order valence-corrected chi connectivity index (χ0v) is 10.4. The molecule has 6 heteroatoms. The van der Waals surface area contributed by atoms with Crippen LogP contribution in [0.15, 0.2) is 0 Å². The van der Waals surface area contributed by atoms with Crippen molar-refractivity contribution >= 4 is 15.8 Å². The van der Waals surface area contributed by atoms with Gasteiger partial charge in [0.25, 0.3) is 0 Å². The lowest BCUT2D eigenvalue weighted by atomic mass is 10.0. The van der Waals surface area contributed by atoms with Crippen molar-refractivity contribution in [1.82, 2.24) is 5.32 Å². The zero-order chi connectivity index (χ0) is 12.0. The maximum atomic E-state index is 11.7. The summed E-state index contributed by atoms with van der Waals surface area (Å²) >= 11 is 0. The van der Waals surface area contributed by atoms with E-state index in [0.717, 1.165) is 25.9 Å². The summed E-state index contributed by atoms with van der Waals surface area (Å²) in [7, 11) is -3.32. The van der Waals surface area contributed by atoms with Crippen LogP contribution in [-0.4, -0.2) is 45.6 Å². The molecular weight excluding hydrogens is 230 g/mol. The number of piperidine rings is 1. The van der Waals surface area contributed by atoms with Crippen molar-refractivity contribution in [3.63, 3.8) is 0 Å². The average Bonchev–Trinajstić information content (AvgIpc) is 2.17. The molecule has 1 heterocycles. The van der Waals surface area contributed by atoms with Gasteiger partial charge >= 0.3 is 5.97 Å². The van der Waals surface area contributed by atoms with Gasteiger partial charge < -0.3 is 10.1 Å². The first-order valence-corrected chi connectivity index (χ1v) is 7.42. The highest BCUT2D eigenvalue weighted by Gasteiger charge is 2.24. The summed E-state index contributed by atoms with van der Waals surface area (Å²) in [6.45, 7) is 3.56. The Balaban J connectivity index is 2.41. The highest BCUT2D eigenvalue weighted by Crippen LogP contribution is 2.13. The monoisotopic (exact) mass is 249 g/mol. The molecule has 1 rings (SSSR count). The van der Waals surface area contributed by atoms with E-state index in [1.165, 1.54) is 0 Å². The summed E-state index contributed by atoms with van der Waals surface area (Å²) in [4.78, 5) is 11.1. The molecule has 0 bridgehead atoms. The lowest BCUT2D eigenvalue weighted by molar-refractivity contribution is -0.139. The third-order valence-corrected chi connectivity index (χ3v) is 4.19. The van der Waals surface area contributed by atoms with E-state index in [-0.39, 0.29) is 18.3 Å². The molecule has 0 saturated carbocycles. The number of carbonyl (C=O) groups excluding carboxylic acids is 1. The zero-order valence-electron chi connectivity index (χ0n) is 9.57. The van der Waals surface area contributed by atoms with E-state index in [1.807, 2.05) is 0 Å². The first kappa shape index (κ1) is 13.4. The van der Waals surface area contributed by atoms with Crippen LogP contribution in [0.4, 0.5) is 0 Å². The van der Waals surface area contributed by atoms with Crippen molar-refractivity contribution in [2.45, 2.75) is 19.8 Å². The van der Waals surface area contributed by atoms with Gasteiger partial charge in [-0.15, -0.1) is 0 Å². The molecule has 1 aliphatic rings. The summed E-state index contributed by atoms with van der Waals surface area (Å²) in [5, 5.41) is 3.16. The third kappa shape index (κ3) is 4.94. The molecule has 1 fully saturated rings. The fourth-order valence-corrected chi connectivity index (χ4v) is 3.43. The Morgan fingerprint density at radius 2 is 2.25 bits per heavy atom. The normalized spacial score (nSPS) is 21.7. The number of ether oxygens (including phenoxy) is 1. The third-order valence-electron chi connectivity index (χ3n) is 2.53. The molecule has 0 aromatic carbocycles. The summed E-state index contributed by atoms with van der Waals surface area (Å²) in [5.74, 6) is -0.921. The Morgan fingerprint density at radius 3 is 2.81 bits per heavy atom. The molecule has 0 aromatic rings. The van der Waals surface area contributed by atoms with Crippen LogP contribution in [0.3, 0.4) is 0 Å². The van der Waals surface area contributed by atoms with Crippen LogP contribution in [0.5, 0.6) is 0 Å². The van der Waals surface area contributed by atoms with Gasteiger partial charge in [0.2, 0.25) is 0 Å². The molecule has 1 atom stereocenters. The maximum Gasteiger partial charge on any atom is 0.321 e. The van der Waals surface area contributed by atoms with Gasteiger partial charge in [0.05, 0.1) is 12.4 Å². The molecule has 0 radical (unpaired) electrons. The van der Waals surface area contributed by atoms with Gasteiger partial charge in [-0.25, -0.2) is 8.42 Å². The van der Waals surface area contributed by atoms with Gasteiger partial charge in [-0.05, 0) is 38.8 Å². The Labute approximate surface area is 96.5 Å². The van der Waals surface area contributed by atoms with Crippen molar-refractivity contribution in [3.05, 3.63) is 0 Å². The summed E-state index contributed by atoms with van der Waals surface area (Å²) in [6, 6.07) is 0. The second kappa shape index (κ2) is 6.20. The smallest absolute Gasteiger partial charge is 0.321 e. The van der Waals surface area contributed by atoms with E-state index in [2.05, 4.69) is 10.1 Å². The molecule has 16 heavy (non-hydrogen) atoms. The van der Waals surface area contributed by atoms with Crippen LogP contribution in [0, 0.1) is 5.92 Å². The summed E-state index contributed by atoms with van der Waals surface area (Å²) in [6.07, 6.45) is 1.91. The van der Waals surface area contributed by atoms with E-state index in [1.54, 1.807) is 6.92 Å². The molecule has 0 aromatic heterocycles. The second-order valence-corrected chi connectivity index (χ2v) is 6.18. The van der Waals surface area contributed by atoms with Crippen molar-refractivity contribution in [2.75, 3.05) is 31.2 Å². The fraction of sp³-hybridized carbons (Fsp3) is 0.900. The Hall–Kier alpha value is -0.620. The first-order chi connectivity index (χ1) is 7.53. The van der Waals surface area contributed by atoms with Crippen molar-refractivity contribution in [3.8, 4) is 0 Å². The van der Waals surface area contributed by atoms with E-state index in [0.29, 0.717) is 0 Å². The van der Waals surface area contributed by atoms with Gasteiger partial charge in [-0.3, -0.25) is 4.79 Å². The maximum absolute atomic E-state index is 11.7. The minimum absolute atomic E-state index is 0.0822. The standard InChI is InChI=1S/C10H19NO4S/c1-2-15-10(12)8-16(13,14)7-9-4-3-5-11-6-9/h9,11H,2-8H2,1H3. The molecule has 0 spiro atoms. The topological polar surface area (TPSA) is 72.5 Å².